The Morgan fingerprint density at radius 3 is 2.05 bits per heavy atom. The maximum absolute atomic E-state index is 12.9. The van der Waals surface area contributed by atoms with Crippen LogP contribution in [0.15, 0.2) is 0 Å². The molecule has 1 heterocycles. The first-order valence-electron chi connectivity index (χ1n) is 13.2. The van der Waals surface area contributed by atoms with Gasteiger partial charge in [-0.3, -0.25) is 33.6 Å². The number of carbonyl (C=O) groups is 7. The maximum atomic E-state index is 12.9. The lowest BCUT2D eigenvalue weighted by Crippen LogP contribution is -2.56. The van der Waals surface area contributed by atoms with Crippen LogP contribution in [-0.2, 0) is 33.6 Å². The lowest BCUT2D eigenvalue weighted by Gasteiger charge is -2.26. The smallest absolute Gasteiger partial charge is 0.244 e. The van der Waals surface area contributed by atoms with Crippen molar-refractivity contribution >= 4 is 53.1 Å². The molecule has 226 valence electrons. The number of nitrogens with zero attached hydrogens (tertiary/aromatic N) is 1. The van der Waals surface area contributed by atoms with E-state index in [2.05, 4.69) is 31.9 Å². The van der Waals surface area contributed by atoms with Gasteiger partial charge in [-0.2, -0.15) is 11.8 Å². The first-order chi connectivity index (χ1) is 18.8. The van der Waals surface area contributed by atoms with Gasteiger partial charge in [-0.15, -0.1) is 0 Å². The van der Waals surface area contributed by atoms with E-state index in [1.165, 1.54) is 37.6 Å². The van der Waals surface area contributed by atoms with Gasteiger partial charge in [-0.25, -0.2) is 0 Å². The Morgan fingerprint density at radius 1 is 0.850 bits per heavy atom. The van der Waals surface area contributed by atoms with Gasteiger partial charge in [0, 0.05) is 26.3 Å². The van der Waals surface area contributed by atoms with Gasteiger partial charge in [0.2, 0.25) is 41.4 Å². The highest BCUT2D eigenvalue weighted by Gasteiger charge is 2.34. The predicted octanol–water partition coefficient (Wildman–Crippen LogP) is -2.14. The normalized spacial score (nSPS) is 16.8. The number of rotatable bonds is 15. The van der Waals surface area contributed by atoms with Crippen molar-refractivity contribution in [1.82, 2.24) is 36.8 Å². The fourth-order valence-electron chi connectivity index (χ4n) is 4.06. The van der Waals surface area contributed by atoms with Gasteiger partial charge in [0.1, 0.15) is 24.2 Å². The van der Waals surface area contributed by atoms with Crippen LogP contribution >= 0.6 is 11.8 Å². The van der Waals surface area contributed by atoms with Crippen molar-refractivity contribution in [2.24, 2.45) is 5.92 Å². The molecule has 1 aliphatic rings. The zero-order valence-electron chi connectivity index (χ0n) is 24.0. The second-order valence-electron chi connectivity index (χ2n) is 9.98. The molecular formula is C25H43N7O7S. The summed E-state index contributed by atoms with van der Waals surface area (Å²) in [5.74, 6) is -3.11. The number of thioether (sulfide) groups is 1. The van der Waals surface area contributed by atoms with Gasteiger partial charge < -0.3 is 36.8 Å². The fourth-order valence-corrected chi connectivity index (χ4v) is 4.63. The summed E-state index contributed by atoms with van der Waals surface area (Å²) < 4.78 is 0. The van der Waals surface area contributed by atoms with Crippen molar-refractivity contribution < 1.29 is 33.6 Å². The SMILES string of the molecule is CNC(=O)CNC(=O)[C@H](C)NC(=O)[C@H](CSC)NC(=O)CNC(=O)[C@H](CC(C)C)NC(=O)[C@@H]1CCCN1C(C)=O. The first kappa shape index (κ1) is 34.7. The molecule has 6 N–H and O–H groups in total. The number of carbonyl (C=O) groups excluding carboxylic acids is 7. The highest BCUT2D eigenvalue weighted by Crippen LogP contribution is 2.18. The minimum atomic E-state index is -0.986. The number of nitrogens with one attached hydrogen (secondary N) is 6. The molecule has 7 amide bonds. The Balaban J connectivity index is 2.70. The molecule has 0 bridgehead atoms. The van der Waals surface area contributed by atoms with Crippen molar-refractivity contribution in [3.8, 4) is 0 Å². The standard InChI is InChI=1S/C25H43N7O7S/c1-14(2)10-17(31-25(39)19-8-7-9-32(19)16(4)33)23(37)28-12-21(35)30-18(13-40-6)24(38)29-15(3)22(36)27-11-20(34)26-5/h14-15,17-19H,7-13H2,1-6H3,(H,26,34)(H,27,36)(H,28,37)(H,29,38)(H,30,35)(H,31,39)/t15-,17-,18-,19-/m0/s1. The molecule has 0 aromatic heterocycles. The Kier molecular flexibility index (Phi) is 15.0. The zero-order chi connectivity index (χ0) is 30.4. The maximum Gasteiger partial charge on any atom is 0.244 e. The van der Waals surface area contributed by atoms with Crippen LogP contribution in [0, 0.1) is 5.92 Å². The highest BCUT2D eigenvalue weighted by molar-refractivity contribution is 7.98. The van der Waals surface area contributed by atoms with E-state index >= 15 is 0 Å². The van der Waals surface area contributed by atoms with Crippen molar-refractivity contribution in [1.29, 1.82) is 0 Å². The minimum Gasteiger partial charge on any atom is -0.358 e. The average molecular weight is 586 g/mol. The number of hydrogen-bond acceptors (Lipinski definition) is 8. The van der Waals surface area contributed by atoms with Gasteiger partial charge in [0.05, 0.1) is 13.1 Å². The average Bonchev–Trinajstić information content (AvgIpc) is 3.39. The molecule has 4 atom stereocenters. The second kappa shape index (κ2) is 17.4. The van der Waals surface area contributed by atoms with E-state index in [1.54, 1.807) is 6.26 Å². The van der Waals surface area contributed by atoms with E-state index < -0.39 is 66.2 Å². The molecular weight excluding hydrogens is 542 g/mol. The fraction of sp³-hybridized carbons (Fsp3) is 0.720. The van der Waals surface area contributed by atoms with Crippen molar-refractivity contribution in [2.75, 3.05) is 38.7 Å². The van der Waals surface area contributed by atoms with Gasteiger partial charge in [-0.05, 0) is 38.4 Å². The molecule has 1 aliphatic heterocycles. The van der Waals surface area contributed by atoms with E-state index in [9.17, 15) is 33.6 Å². The molecule has 0 radical (unpaired) electrons. The lowest BCUT2D eigenvalue weighted by molar-refractivity contribution is -0.138. The quantitative estimate of drug-likeness (QED) is 0.125. The van der Waals surface area contributed by atoms with Crippen LogP contribution in [0.2, 0.25) is 0 Å². The molecule has 40 heavy (non-hydrogen) atoms. The second-order valence-corrected chi connectivity index (χ2v) is 10.9. The van der Waals surface area contributed by atoms with Crippen LogP contribution in [0.1, 0.15) is 47.0 Å². The highest BCUT2D eigenvalue weighted by atomic mass is 32.2. The molecule has 0 aromatic rings. The van der Waals surface area contributed by atoms with E-state index in [1.807, 2.05) is 13.8 Å². The van der Waals surface area contributed by atoms with E-state index in [0.717, 1.165) is 0 Å². The Bertz CT molecular complexity index is 946. The third-order valence-electron chi connectivity index (χ3n) is 6.16. The van der Waals surface area contributed by atoms with Gasteiger partial charge in [0.25, 0.3) is 0 Å². The third kappa shape index (κ3) is 11.8. The number of hydrogen-bond donors (Lipinski definition) is 6. The molecule has 0 spiro atoms. The summed E-state index contributed by atoms with van der Waals surface area (Å²) in [6, 6.07) is -3.49. The first-order valence-corrected chi connectivity index (χ1v) is 14.6. The van der Waals surface area contributed by atoms with Gasteiger partial charge in [-0.1, -0.05) is 13.8 Å². The summed E-state index contributed by atoms with van der Waals surface area (Å²) >= 11 is 1.30. The minimum absolute atomic E-state index is 0.0579. The topological polar surface area (TPSA) is 195 Å². The summed E-state index contributed by atoms with van der Waals surface area (Å²) in [6.07, 6.45) is 3.27. The van der Waals surface area contributed by atoms with E-state index in [0.29, 0.717) is 25.8 Å². The van der Waals surface area contributed by atoms with Crippen molar-refractivity contribution in [2.45, 2.75) is 71.1 Å². The summed E-state index contributed by atoms with van der Waals surface area (Å²) in [4.78, 5) is 87.8. The number of likely N-dealkylation sites (tertiary alicyclic amines) is 1. The molecule has 1 fully saturated rings. The van der Waals surface area contributed by atoms with Crippen LogP contribution in [-0.4, -0.2) is 109 Å². The Labute approximate surface area is 239 Å². The Morgan fingerprint density at radius 2 is 1.48 bits per heavy atom. The summed E-state index contributed by atoms with van der Waals surface area (Å²) in [5, 5.41) is 15.0. The lowest BCUT2D eigenvalue weighted by atomic mass is 10.0. The van der Waals surface area contributed by atoms with Crippen molar-refractivity contribution in [3.05, 3.63) is 0 Å². The molecule has 0 aromatic carbocycles. The molecule has 0 unspecified atom stereocenters. The van der Waals surface area contributed by atoms with Crippen LogP contribution in [0.25, 0.3) is 0 Å². The van der Waals surface area contributed by atoms with Crippen LogP contribution < -0.4 is 31.9 Å². The van der Waals surface area contributed by atoms with Crippen LogP contribution in [0.4, 0.5) is 0 Å². The molecule has 0 saturated carbocycles. The summed E-state index contributed by atoms with van der Waals surface area (Å²) in [7, 11) is 1.43. The van der Waals surface area contributed by atoms with Gasteiger partial charge in [0.15, 0.2) is 0 Å². The largest absolute Gasteiger partial charge is 0.358 e. The molecule has 0 aliphatic carbocycles. The predicted molar refractivity (Wildman–Crippen MR) is 150 cm³/mol. The van der Waals surface area contributed by atoms with Crippen LogP contribution in [0.5, 0.6) is 0 Å². The van der Waals surface area contributed by atoms with Crippen molar-refractivity contribution in [3.63, 3.8) is 0 Å². The number of amides is 7. The van der Waals surface area contributed by atoms with E-state index in [4.69, 9.17) is 0 Å². The molecule has 14 nitrogen and oxygen atoms in total. The third-order valence-corrected chi connectivity index (χ3v) is 6.83. The molecule has 1 saturated heterocycles. The summed E-state index contributed by atoms with van der Waals surface area (Å²) in [5.41, 5.74) is 0. The molecule has 1 rings (SSSR count). The molecule has 15 heteroatoms. The Hall–Kier alpha value is -3.36. The van der Waals surface area contributed by atoms with Crippen LogP contribution in [0.3, 0.4) is 0 Å². The zero-order valence-corrected chi connectivity index (χ0v) is 24.9. The van der Waals surface area contributed by atoms with Gasteiger partial charge >= 0.3 is 0 Å². The number of likely N-dealkylation sites (N-methyl/N-ethyl adjacent to an activating group) is 1. The van der Waals surface area contributed by atoms with E-state index in [-0.39, 0.29) is 24.1 Å². The summed E-state index contributed by atoms with van der Waals surface area (Å²) in [6.45, 7) is 6.43. The monoisotopic (exact) mass is 585 g/mol.